The van der Waals surface area contributed by atoms with Gasteiger partial charge < -0.3 is 4.74 Å². The first-order chi connectivity index (χ1) is 9.04. The number of benzene rings is 2. The van der Waals surface area contributed by atoms with Gasteiger partial charge in [-0.3, -0.25) is 0 Å². The number of methoxy groups -OCH3 is 1. The van der Waals surface area contributed by atoms with Gasteiger partial charge in [0.1, 0.15) is 17.4 Å². The second kappa shape index (κ2) is 5.57. The van der Waals surface area contributed by atoms with Gasteiger partial charge in [0.05, 0.1) is 12.5 Å². The Kier molecular flexibility index (Phi) is 4.05. The van der Waals surface area contributed by atoms with E-state index in [4.69, 9.17) is 16.3 Å². The number of hydrogen-bond donors (Lipinski definition) is 0. The molecule has 0 aliphatic heterocycles. The Morgan fingerprint density at radius 3 is 2.42 bits per heavy atom. The maximum Gasteiger partial charge on any atom is 0.128 e. The Balaban J connectivity index is 2.50. The molecule has 100 valence electrons. The van der Waals surface area contributed by atoms with E-state index < -0.39 is 17.0 Å². The van der Waals surface area contributed by atoms with Gasteiger partial charge in [-0.15, -0.1) is 11.6 Å². The molecule has 0 bridgehead atoms. The third-order valence-electron chi connectivity index (χ3n) is 2.96. The smallest absolute Gasteiger partial charge is 0.128 e. The van der Waals surface area contributed by atoms with Gasteiger partial charge in [-0.25, -0.2) is 8.78 Å². The van der Waals surface area contributed by atoms with Gasteiger partial charge in [0.2, 0.25) is 0 Å². The quantitative estimate of drug-likeness (QED) is 0.747. The van der Waals surface area contributed by atoms with Crippen molar-refractivity contribution in [2.75, 3.05) is 7.11 Å². The third-order valence-corrected chi connectivity index (χ3v) is 3.43. The lowest BCUT2D eigenvalue weighted by atomic mass is 10.0. The first-order valence-corrected chi connectivity index (χ1v) is 6.20. The van der Waals surface area contributed by atoms with Crippen LogP contribution in [0.25, 0.3) is 0 Å². The molecule has 1 atom stereocenters. The molecule has 4 heteroatoms. The third kappa shape index (κ3) is 2.71. The molecular formula is C15H13ClF2O. The van der Waals surface area contributed by atoms with Gasteiger partial charge in [0.15, 0.2) is 0 Å². The minimum absolute atomic E-state index is 0.106. The van der Waals surface area contributed by atoms with E-state index in [0.717, 1.165) is 12.1 Å². The van der Waals surface area contributed by atoms with Crippen LogP contribution in [0.2, 0.25) is 0 Å². The van der Waals surface area contributed by atoms with Crippen molar-refractivity contribution in [2.45, 2.75) is 12.3 Å². The van der Waals surface area contributed by atoms with Crippen molar-refractivity contribution in [3.05, 3.63) is 64.7 Å². The number of aryl methyl sites for hydroxylation is 1. The molecule has 0 radical (unpaired) electrons. The van der Waals surface area contributed by atoms with Crippen LogP contribution in [0, 0.1) is 18.6 Å². The second-order valence-corrected chi connectivity index (χ2v) is 4.66. The molecule has 0 aliphatic rings. The molecule has 2 aromatic carbocycles. The van der Waals surface area contributed by atoms with Crippen molar-refractivity contribution in [1.82, 2.24) is 0 Å². The van der Waals surface area contributed by atoms with Crippen molar-refractivity contribution in [3.63, 3.8) is 0 Å². The summed E-state index contributed by atoms with van der Waals surface area (Å²) >= 11 is 6.26. The molecule has 0 saturated heterocycles. The fourth-order valence-corrected chi connectivity index (χ4v) is 2.25. The van der Waals surface area contributed by atoms with Gasteiger partial charge in [-0.2, -0.15) is 0 Å². The molecule has 1 unspecified atom stereocenters. The summed E-state index contributed by atoms with van der Waals surface area (Å²) in [7, 11) is 1.51. The van der Waals surface area contributed by atoms with Crippen LogP contribution >= 0.6 is 11.6 Å². The minimum atomic E-state index is -0.800. The summed E-state index contributed by atoms with van der Waals surface area (Å²) in [4.78, 5) is 0. The van der Waals surface area contributed by atoms with Crippen LogP contribution in [0.3, 0.4) is 0 Å². The second-order valence-electron chi connectivity index (χ2n) is 4.23. The maximum absolute atomic E-state index is 13.9. The number of para-hydroxylation sites is 1. The summed E-state index contributed by atoms with van der Waals surface area (Å²) in [6, 6.07) is 9.30. The summed E-state index contributed by atoms with van der Waals surface area (Å²) < 4.78 is 32.7. The fourth-order valence-electron chi connectivity index (χ4n) is 1.90. The van der Waals surface area contributed by atoms with Gasteiger partial charge in [0, 0.05) is 11.1 Å². The fraction of sp³-hybridized carbons (Fsp3) is 0.200. The van der Waals surface area contributed by atoms with E-state index in [2.05, 4.69) is 0 Å². The van der Waals surface area contributed by atoms with E-state index in [0.29, 0.717) is 11.3 Å². The van der Waals surface area contributed by atoms with Gasteiger partial charge >= 0.3 is 0 Å². The lowest BCUT2D eigenvalue weighted by molar-refractivity contribution is 0.410. The predicted molar refractivity (Wildman–Crippen MR) is 71.8 cm³/mol. The maximum atomic E-state index is 13.9. The summed E-state index contributed by atoms with van der Waals surface area (Å²) in [6.45, 7) is 1.51. The van der Waals surface area contributed by atoms with Crippen LogP contribution in [-0.2, 0) is 0 Å². The number of hydrogen-bond acceptors (Lipinski definition) is 1. The van der Waals surface area contributed by atoms with E-state index >= 15 is 0 Å². The summed E-state index contributed by atoms with van der Waals surface area (Å²) in [5.41, 5.74) is 0.966. The Morgan fingerprint density at radius 1 is 1.05 bits per heavy atom. The Hall–Kier alpha value is -1.61. The lowest BCUT2D eigenvalue weighted by Crippen LogP contribution is -2.01. The molecule has 0 heterocycles. The molecule has 0 spiro atoms. The first-order valence-electron chi connectivity index (χ1n) is 5.77. The monoisotopic (exact) mass is 282 g/mol. The Bertz CT molecular complexity index is 599. The lowest BCUT2D eigenvalue weighted by Gasteiger charge is -2.15. The highest BCUT2D eigenvalue weighted by molar-refractivity contribution is 6.22. The molecular weight excluding hydrogens is 270 g/mol. The number of alkyl halides is 1. The van der Waals surface area contributed by atoms with Crippen molar-refractivity contribution in [2.24, 2.45) is 0 Å². The van der Waals surface area contributed by atoms with E-state index in [9.17, 15) is 8.78 Å². The van der Waals surface area contributed by atoms with Crippen LogP contribution < -0.4 is 4.74 Å². The average molecular weight is 283 g/mol. The summed E-state index contributed by atoms with van der Waals surface area (Å²) in [6.07, 6.45) is 0. The molecule has 0 saturated carbocycles. The molecule has 2 aromatic rings. The highest BCUT2D eigenvalue weighted by Crippen LogP contribution is 2.36. The van der Waals surface area contributed by atoms with E-state index in [-0.39, 0.29) is 11.1 Å². The van der Waals surface area contributed by atoms with Gasteiger partial charge in [-0.1, -0.05) is 18.2 Å². The van der Waals surface area contributed by atoms with Crippen molar-refractivity contribution in [3.8, 4) is 5.75 Å². The molecule has 19 heavy (non-hydrogen) atoms. The summed E-state index contributed by atoms with van der Waals surface area (Å²) in [5, 5.41) is -0.800. The van der Waals surface area contributed by atoms with Gasteiger partial charge in [0.25, 0.3) is 0 Å². The van der Waals surface area contributed by atoms with E-state index in [1.807, 2.05) is 0 Å². The van der Waals surface area contributed by atoms with Crippen LogP contribution in [-0.4, -0.2) is 7.11 Å². The normalized spacial score (nSPS) is 12.3. The highest BCUT2D eigenvalue weighted by atomic mass is 35.5. The zero-order valence-electron chi connectivity index (χ0n) is 10.6. The Morgan fingerprint density at radius 2 is 1.74 bits per heavy atom. The number of rotatable bonds is 3. The molecule has 0 aliphatic carbocycles. The molecule has 0 amide bonds. The molecule has 2 rings (SSSR count). The molecule has 0 N–H and O–H groups in total. The van der Waals surface area contributed by atoms with E-state index in [1.54, 1.807) is 24.3 Å². The highest BCUT2D eigenvalue weighted by Gasteiger charge is 2.20. The zero-order valence-corrected chi connectivity index (χ0v) is 11.3. The van der Waals surface area contributed by atoms with Crippen molar-refractivity contribution in [1.29, 1.82) is 0 Å². The molecule has 0 fully saturated rings. The predicted octanol–water partition coefficient (Wildman–Crippen LogP) is 4.61. The van der Waals surface area contributed by atoms with Crippen LogP contribution in [0.4, 0.5) is 8.78 Å². The average Bonchev–Trinajstić information content (AvgIpc) is 2.42. The Labute approximate surface area is 115 Å². The largest absolute Gasteiger partial charge is 0.496 e. The summed E-state index contributed by atoms with van der Waals surface area (Å²) in [5.74, 6) is -0.454. The van der Waals surface area contributed by atoms with Crippen LogP contribution in [0.15, 0.2) is 36.4 Å². The standard InChI is InChI=1S/C15H13ClF2O/c1-9-7-13(18)11(8-12(9)17)15(16)10-5-3-4-6-14(10)19-2/h3-8,15H,1-2H3. The topological polar surface area (TPSA) is 9.23 Å². The van der Waals surface area contributed by atoms with E-state index in [1.165, 1.54) is 14.0 Å². The minimum Gasteiger partial charge on any atom is -0.496 e. The number of halogens is 3. The van der Waals surface area contributed by atoms with Crippen LogP contribution in [0.1, 0.15) is 22.1 Å². The van der Waals surface area contributed by atoms with Crippen molar-refractivity contribution < 1.29 is 13.5 Å². The van der Waals surface area contributed by atoms with Crippen molar-refractivity contribution >= 4 is 11.6 Å². The first kappa shape index (κ1) is 13.8. The van der Waals surface area contributed by atoms with Crippen LogP contribution in [0.5, 0.6) is 5.75 Å². The molecule has 0 aromatic heterocycles. The molecule has 1 nitrogen and oxygen atoms in total. The zero-order chi connectivity index (χ0) is 14.0. The SMILES string of the molecule is COc1ccccc1C(Cl)c1cc(F)c(C)cc1F. The number of ether oxygens (including phenoxy) is 1. The van der Waals surface area contributed by atoms with Gasteiger partial charge in [-0.05, 0) is 30.7 Å².